The van der Waals surface area contributed by atoms with E-state index in [0.717, 1.165) is 10.9 Å². The Labute approximate surface area is 139 Å². The fourth-order valence-electron chi connectivity index (χ4n) is 2.26. The highest BCUT2D eigenvalue weighted by Gasteiger charge is 2.32. The topological polar surface area (TPSA) is 51.2 Å². The molecule has 0 spiro atoms. The molecule has 0 aliphatic rings. The molecule has 0 bridgehead atoms. The molecule has 0 aliphatic heterocycles. The van der Waals surface area contributed by atoms with Gasteiger partial charge in [-0.15, -0.1) is 11.8 Å². The van der Waals surface area contributed by atoms with E-state index >= 15 is 0 Å². The van der Waals surface area contributed by atoms with Crippen LogP contribution in [0.5, 0.6) is 5.88 Å². The van der Waals surface area contributed by atoms with Crippen LogP contribution in [0.2, 0.25) is 5.02 Å². The lowest BCUT2D eigenvalue weighted by Gasteiger charge is -2.33. The van der Waals surface area contributed by atoms with Gasteiger partial charge in [0.1, 0.15) is 5.02 Å². The van der Waals surface area contributed by atoms with Crippen LogP contribution in [0.1, 0.15) is 20.8 Å². The van der Waals surface area contributed by atoms with Crippen molar-refractivity contribution in [3.8, 4) is 5.88 Å². The minimum atomic E-state index is -0.554. The Hall–Kier alpha value is -1.46. The summed E-state index contributed by atoms with van der Waals surface area (Å²) in [6.07, 6.45) is 1.92. The van der Waals surface area contributed by atoms with E-state index in [4.69, 9.17) is 16.3 Å². The second-order valence-corrected chi connectivity index (χ2v) is 6.86. The third-order valence-electron chi connectivity index (χ3n) is 3.17. The quantitative estimate of drug-likeness (QED) is 0.841. The molecular weight excluding hydrogens is 320 g/mol. The molecule has 1 aromatic heterocycles. The van der Waals surface area contributed by atoms with Gasteiger partial charge >= 0.3 is 0 Å². The van der Waals surface area contributed by atoms with Gasteiger partial charge in [0.05, 0.1) is 11.1 Å². The van der Waals surface area contributed by atoms with E-state index in [0.29, 0.717) is 10.9 Å². The van der Waals surface area contributed by atoms with E-state index in [-0.39, 0.29) is 11.3 Å². The average Bonchev–Trinajstić information content (AvgIpc) is 2.43. The van der Waals surface area contributed by atoms with Crippen molar-refractivity contribution in [1.82, 2.24) is 10.3 Å². The van der Waals surface area contributed by atoms with Gasteiger partial charge in [-0.3, -0.25) is 4.79 Å². The lowest BCUT2D eigenvalue weighted by molar-refractivity contribution is -0.121. The fourth-order valence-corrected chi connectivity index (χ4v) is 3.30. The van der Waals surface area contributed by atoms with Crippen LogP contribution in [0.25, 0.3) is 10.9 Å². The Kier molecular flexibility index (Phi) is 5.19. The number of para-hydroxylation sites is 1. The van der Waals surface area contributed by atoms with Gasteiger partial charge in [-0.05, 0) is 32.2 Å². The number of thioether (sulfide) groups is 1. The number of hydrogen-bond acceptors (Lipinski definition) is 4. The van der Waals surface area contributed by atoms with Gasteiger partial charge in [0.25, 0.3) is 0 Å². The number of aromatic nitrogens is 1. The predicted molar refractivity (Wildman–Crippen MR) is 92.6 cm³/mol. The maximum absolute atomic E-state index is 11.4. The van der Waals surface area contributed by atoms with E-state index in [1.807, 2.05) is 50.4 Å². The summed E-state index contributed by atoms with van der Waals surface area (Å²) in [5.41, 5.74) is -0.0521. The molecular formula is C16H19ClN2O2S. The molecule has 1 heterocycles. The molecule has 0 aliphatic carbocycles. The lowest BCUT2D eigenvalue weighted by Crippen LogP contribution is -2.52. The molecule has 0 fully saturated rings. The summed E-state index contributed by atoms with van der Waals surface area (Å²) in [6, 6.07) is 9.55. The molecule has 118 valence electrons. The van der Waals surface area contributed by atoms with Gasteiger partial charge in [-0.1, -0.05) is 29.8 Å². The SMILES string of the molecule is CSC(Oc1nc2ccccc2cc1Cl)C(C)(C)NC(C)=O. The summed E-state index contributed by atoms with van der Waals surface area (Å²) in [4.78, 5) is 15.8. The van der Waals surface area contributed by atoms with Gasteiger partial charge < -0.3 is 10.1 Å². The zero-order chi connectivity index (χ0) is 16.3. The second kappa shape index (κ2) is 6.75. The van der Waals surface area contributed by atoms with Crippen molar-refractivity contribution < 1.29 is 9.53 Å². The highest BCUT2D eigenvalue weighted by molar-refractivity contribution is 7.99. The number of nitrogens with zero attached hydrogens (tertiary/aromatic N) is 1. The van der Waals surface area contributed by atoms with Gasteiger partial charge in [0, 0.05) is 12.3 Å². The van der Waals surface area contributed by atoms with E-state index < -0.39 is 5.54 Å². The number of hydrogen-bond donors (Lipinski definition) is 1. The van der Waals surface area contributed by atoms with Crippen LogP contribution >= 0.6 is 23.4 Å². The standard InChI is InChI=1S/C16H19ClN2O2S/c1-10(20)19-16(2,3)15(22-4)21-14-12(17)9-11-7-5-6-8-13(11)18-14/h5-9,15H,1-4H3,(H,19,20). The number of carbonyl (C=O) groups excluding carboxylic acids is 1. The third kappa shape index (κ3) is 3.84. The van der Waals surface area contributed by atoms with Crippen molar-refractivity contribution >= 4 is 40.2 Å². The minimum absolute atomic E-state index is 0.106. The number of carbonyl (C=O) groups is 1. The van der Waals surface area contributed by atoms with E-state index in [1.54, 1.807) is 0 Å². The van der Waals surface area contributed by atoms with Crippen molar-refractivity contribution in [3.63, 3.8) is 0 Å². The van der Waals surface area contributed by atoms with Crippen molar-refractivity contribution in [2.75, 3.05) is 6.26 Å². The maximum atomic E-state index is 11.4. The zero-order valence-corrected chi connectivity index (χ0v) is 14.6. The van der Waals surface area contributed by atoms with Crippen molar-refractivity contribution in [3.05, 3.63) is 35.4 Å². The average molecular weight is 339 g/mol. The molecule has 4 nitrogen and oxygen atoms in total. The van der Waals surface area contributed by atoms with Crippen molar-refractivity contribution in [2.24, 2.45) is 0 Å². The highest BCUT2D eigenvalue weighted by atomic mass is 35.5. The Balaban J connectivity index is 2.31. The monoisotopic (exact) mass is 338 g/mol. The van der Waals surface area contributed by atoms with Crippen molar-refractivity contribution in [2.45, 2.75) is 31.7 Å². The minimum Gasteiger partial charge on any atom is -0.460 e. The smallest absolute Gasteiger partial charge is 0.234 e. The Morgan fingerprint density at radius 1 is 1.41 bits per heavy atom. The van der Waals surface area contributed by atoms with Gasteiger partial charge in [-0.25, -0.2) is 4.98 Å². The summed E-state index contributed by atoms with van der Waals surface area (Å²) < 4.78 is 5.97. The second-order valence-electron chi connectivity index (χ2n) is 5.56. The van der Waals surface area contributed by atoms with Crippen LogP contribution in [0.4, 0.5) is 0 Å². The number of rotatable bonds is 5. The molecule has 22 heavy (non-hydrogen) atoms. The van der Waals surface area contributed by atoms with E-state index in [1.165, 1.54) is 18.7 Å². The van der Waals surface area contributed by atoms with E-state index in [2.05, 4.69) is 10.3 Å². The number of nitrogens with one attached hydrogen (secondary N) is 1. The molecule has 1 aromatic carbocycles. The number of halogens is 1. The first-order valence-electron chi connectivity index (χ1n) is 6.87. The first kappa shape index (κ1) is 16.9. The molecule has 0 saturated carbocycles. The molecule has 0 radical (unpaired) electrons. The Bertz CT molecular complexity index is 691. The van der Waals surface area contributed by atoms with Gasteiger partial charge in [-0.2, -0.15) is 0 Å². The first-order valence-corrected chi connectivity index (χ1v) is 8.53. The van der Waals surface area contributed by atoms with E-state index in [9.17, 15) is 4.79 Å². The number of benzene rings is 1. The number of pyridine rings is 1. The Morgan fingerprint density at radius 2 is 2.09 bits per heavy atom. The summed E-state index contributed by atoms with van der Waals surface area (Å²) in [7, 11) is 0. The van der Waals surface area contributed by atoms with Crippen LogP contribution in [0, 0.1) is 0 Å². The van der Waals surface area contributed by atoms with Gasteiger partial charge in [0.2, 0.25) is 11.8 Å². The van der Waals surface area contributed by atoms with Crippen LogP contribution in [-0.4, -0.2) is 28.1 Å². The lowest BCUT2D eigenvalue weighted by atomic mass is 10.1. The molecule has 1 unspecified atom stereocenters. The number of ether oxygens (including phenoxy) is 1. The normalized spacial score (nSPS) is 13.0. The van der Waals surface area contributed by atoms with Crippen LogP contribution in [0.15, 0.2) is 30.3 Å². The third-order valence-corrected chi connectivity index (χ3v) is 4.55. The molecule has 0 saturated heterocycles. The molecule has 2 rings (SSSR count). The van der Waals surface area contributed by atoms with Gasteiger partial charge in [0.15, 0.2) is 5.44 Å². The molecule has 6 heteroatoms. The van der Waals surface area contributed by atoms with Crippen LogP contribution in [-0.2, 0) is 4.79 Å². The highest BCUT2D eigenvalue weighted by Crippen LogP contribution is 2.31. The number of fused-ring (bicyclic) bond motifs is 1. The molecule has 1 atom stereocenters. The summed E-state index contributed by atoms with van der Waals surface area (Å²) in [6.45, 7) is 5.30. The predicted octanol–water partition coefficient (Wildman–Crippen LogP) is 3.87. The zero-order valence-electron chi connectivity index (χ0n) is 13.0. The molecule has 1 N–H and O–H groups in total. The van der Waals surface area contributed by atoms with Crippen molar-refractivity contribution in [1.29, 1.82) is 0 Å². The summed E-state index contributed by atoms with van der Waals surface area (Å²) in [5.74, 6) is 0.267. The summed E-state index contributed by atoms with van der Waals surface area (Å²) in [5, 5.41) is 4.31. The Morgan fingerprint density at radius 3 is 2.73 bits per heavy atom. The summed E-state index contributed by atoms with van der Waals surface area (Å²) >= 11 is 7.77. The number of amides is 1. The largest absolute Gasteiger partial charge is 0.460 e. The molecule has 2 aromatic rings. The van der Waals surface area contributed by atoms with Crippen LogP contribution in [0.3, 0.4) is 0 Å². The van der Waals surface area contributed by atoms with Crippen LogP contribution < -0.4 is 10.1 Å². The maximum Gasteiger partial charge on any atom is 0.234 e. The first-order chi connectivity index (χ1) is 10.3. The molecule has 1 amide bonds. The fraction of sp³-hybridized carbons (Fsp3) is 0.375.